The fourth-order valence-corrected chi connectivity index (χ4v) is 3.98. The van der Waals surface area contributed by atoms with E-state index >= 15 is 0 Å². The molecule has 5 nitrogen and oxygen atoms in total. The number of rotatable bonds is 7. The molecule has 0 bridgehead atoms. The highest BCUT2D eigenvalue weighted by atomic mass is 127. The van der Waals surface area contributed by atoms with E-state index in [1.54, 1.807) is 12.1 Å². The topological polar surface area (TPSA) is 46.1 Å². The first-order valence-electron chi connectivity index (χ1n) is 9.70. The Hall–Kier alpha value is -1.32. The number of hydrogen-bond donors (Lipinski definition) is 1. The molecular formula is C20H30F2IN3O2. The molecule has 2 aliphatic rings. The highest BCUT2D eigenvalue weighted by Gasteiger charge is 2.43. The summed E-state index contributed by atoms with van der Waals surface area (Å²) in [6.07, 6.45) is 5.92. The van der Waals surface area contributed by atoms with Crippen molar-refractivity contribution in [3.05, 3.63) is 23.8 Å². The molecule has 0 amide bonds. The fraction of sp³-hybridized carbons (Fsp3) is 0.650. The molecule has 1 saturated carbocycles. The SMILES string of the molecule is CCNC(=NCCc1ccc(OC)c(OC(F)F)c1)N1CCC2(CCC2)C1.I. The maximum atomic E-state index is 12.6. The van der Waals surface area contributed by atoms with Gasteiger partial charge in [0, 0.05) is 26.2 Å². The molecule has 1 saturated heterocycles. The average Bonchev–Trinajstić information content (AvgIpc) is 3.07. The normalized spacial score (nSPS) is 18.0. The molecule has 1 N–H and O–H groups in total. The number of guanidine groups is 1. The maximum absolute atomic E-state index is 12.6. The van der Waals surface area contributed by atoms with Gasteiger partial charge >= 0.3 is 6.61 Å². The van der Waals surface area contributed by atoms with Crippen molar-refractivity contribution < 1.29 is 18.3 Å². The van der Waals surface area contributed by atoms with Gasteiger partial charge in [0.05, 0.1) is 7.11 Å². The van der Waals surface area contributed by atoms with Crippen molar-refractivity contribution in [1.82, 2.24) is 10.2 Å². The second-order valence-corrected chi connectivity index (χ2v) is 7.37. The molecule has 28 heavy (non-hydrogen) atoms. The first kappa shape index (κ1) is 23.0. The van der Waals surface area contributed by atoms with Crippen LogP contribution in [0.3, 0.4) is 0 Å². The van der Waals surface area contributed by atoms with Gasteiger partial charge in [0.2, 0.25) is 0 Å². The van der Waals surface area contributed by atoms with E-state index in [0.717, 1.165) is 31.2 Å². The molecule has 158 valence electrons. The molecule has 1 spiro atoms. The largest absolute Gasteiger partial charge is 0.493 e. The Morgan fingerprint density at radius 3 is 2.64 bits per heavy atom. The number of nitrogens with zero attached hydrogens (tertiary/aromatic N) is 2. The molecule has 8 heteroatoms. The van der Waals surface area contributed by atoms with Crippen molar-refractivity contribution in [2.45, 2.75) is 45.6 Å². The van der Waals surface area contributed by atoms with Gasteiger partial charge in [-0.2, -0.15) is 8.78 Å². The summed E-state index contributed by atoms with van der Waals surface area (Å²) in [6.45, 7) is 2.77. The van der Waals surface area contributed by atoms with Crippen molar-refractivity contribution in [3.8, 4) is 11.5 Å². The Balaban J connectivity index is 0.00000280. The zero-order chi connectivity index (χ0) is 19.3. The first-order valence-corrected chi connectivity index (χ1v) is 9.70. The molecule has 0 radical (unpaired) electrons. The molecular weight excluding hydrogens is 479 g/mol. The number of aliphatic imine (C=N–C) groups is 1. The van der Waals surface area contributed by atoms with Crippen LogP contribution in [0.25, 0.3) is 0 Å². The van der Waals surface area contributed by atoms with Crippen LogP contribution in [0.2, 0.25) is 0 Å². The Morgan fingerprint density at radius 1 is 1.29 bits per heavy atom. The predicted octanol–water partition coefficient (Wildman–Crippen LogP) is 4.30. The summed E-state index contributed by atoms with van der Waals surface area (Å²) in [4.78, 5) is 7.12. The highest BCUT2D eigenvalue weighted by Crippen LogP contribution is 2.47. The van der Waals surface area contributed by atoms with Gasteiger partial charge < -0.3 is 19.7 Å². The van der Waals surface area contributed by atoms with E-state index in [2.05, 4.69) is 21.9 Å². The van der Waals surface area contributed by atoms with Gasteiger partial charge in [0.1, 0.15) is 0 Å². The summed E-state index contributed by atoms with van der Waals surface area (Å²) in [5.74, 6) is 1.32. The third kappa shape index (κ3) is 5.61. The van der Waals surface area contributed by atoms with Gasteiger partial charge in [-0.1, -0.05) is 12.5 Å². The van der Waals surface area contributed by atoms with E-state index in [1.165, 1.54) is 32.8 Å². The lowest BCUT2D eigenvalue weighted by atomic mass is 9.68. The number of alkyl halides is 2. The van der Waals surface area contributed by atoms with Gasteiger partial charge in [-0.3, -0.25) is 4.99 Å². The summed E-state index contributed by atoms with van der Waals surface area (Å²) in [6, 6.07) is 5.12. The van der Waals surface area contributed by atoms with Crippen molar-refractivity contribution in [2.24, 2.45) is 10.4 Å². The monoisotopic (exact) mass is 509 g/mol. The zero-order valence-corrected chi connectivity index (χ0v) is 18.9. The van der Waals surface area contributed by atoms with Crippen molar-refractivity contribution >= 4 is 29.9 Å². The van der Waals surface area contributed by atoms with Crippen LogP contribution in [-0.4, -0.2) is 50.8 Å². The molecule has 1 aromatic carbocycles. The lowest BCUT2D eigenvalue weighted by Gasteiger charge is -2.38. The zero-order valence-electron chi connectivity index (χ0n) is 16.5. The third-order valence-corrected chi connectivity index (χ3v) is 5.59. The van der Waals surface area contributed by atoms with Crippen molar-refractivity contribution in [1.29, 1.82) is 0 Å². The number of likely N-dealkylation sites (tertiary alicyclic amines) is 1. The number of hydrogen-bond acceptors (Lipinski definition) is 3. The number of methoxy groups -OCH3 is 1. The second kappa shape index (κ2) is 10.5. The summed E-state index contributed by atoms with van der Waals surface area (Å²) in [5.41, 5.74) is 1.41. The van der Waals surface area contributed by atoms with Crippen LogP contribution in [0.15, 0.2) is 23.2 Å². The van der Waals surface area contributed by atoms with Gasteiger partial charge in [0.15, 0.2) is 17.5 Å². The molecule has 2 fully saturated rings. The van der Waals surface area contributed by atoms with E-state index in [4.69, 9.17) is 9.73 Å². The number of benzene rings is 1. The van der Waals surface area contributed by atoms with E-state index in [1.807, 2.05) is 6.07 Å². The Kier molecular flexibility index (Phi) is 8.57. The fourth-order valence-electron chi connectivity index (χ4n) is 3.98. The summed E-state index contributed by atoms with van der Waals surface area (Å²) in [7, 11) is 1.44. The van der Waals surface area contributed by atoms with Gasteiger partial charge in [0.25, 0.3) is 0 Å². The Bertz CT molecular complexity index is 669. The van der Waals surface area contributed by atoms with Crippen LogP contribution in [0.5, 0.6) is 11.5 Å². The average molecular weight is 509 g/mol. The number of halogens is 3. The molecule has 0 atom stereocenters. The third-order valence-electron chi connectivity index (χ3n) is 5.59. The molecule has 1 heterocycles. The molecule has 1 aromatic rings. The predicted molar refractivity (Wildman–Crippen MR) is 117 cm³/mol. The molecule has 1 aliphatic carbocycles. The molecule has 0 unspecified atom stereocenters. The highest BCUT2D eigenvalue weighted by molar-refractivity contribution is 14.0. The maximum Gasteiger partial charge on any atom is 0.387 e. The summed E-state index contributed by atoms with van der Waals surface area (Å²) >= 11 is 0. The minimum atomic E-state index is -2.87. The lowest BCUT2D eigenvalue weighted by Crippen LogP contribution is -2.42. The standard InChI is InChI=1S/C20H29F2N3O2.HI/c1-3-23-19(25-12-10-20(14-25)8-4-9-20)24-11-7-15-5-6-16(26-2)17(13-15)27-18(21)22;/h5-6,13,18H,3-4,7-12,14H2,1-2H3,(H,23,24);1H. The molecule has 0 aromatic heterocycles. The van der Waals surface area contributed by atoms with Crippen molar-refractivity contribution in [3.63, 3.8) is 0 Å². The minimum absolute atomic E-state index is 0. The van der Waals surface area contributed by atoms with E-state index in [9.17, 15) is 8.78 Å². The van der Waals surface area contributed by atoms with E-state index in [0.29, 0.717) is 24.1 Å². The quantitative estimate of drug-likeness (QED) is 0.339. The number of nitrogens with one attached hydrogen (secondary N) is 1. The first-order chi connectivity index (χ1) is 13.0. The molecule has 3 rings (SSSR count). The van der Waals surface area contributed by atoms with Gasteiger partial charge in [-0.05, 0) is 55.7 Å². The second-order valence-electron chi connectivity index (χ2n) is 7.37. The van der Waals surface area contributed by atoms with E-state index in [-0.39, 0.29) is 29.7 Å². The lowest BCUT2D eigenvalue weighted by molar-refractivity contribution is -0.0512. The number of ether oxygens (including phenoxy) is 2. The minimum Gasteiger partial charge on any atom is -0.493 e. The van der Waals surface area contributed by atoms with E-state index < -0.39 is 6.61 Å². The van der Waals surface area contributed by atoms with Crippen LogP contribution in [0.1, 0.15) is 38.2 Å². The Labute approximate surface area is 182 Å². The van der Waals surface area contributed by atoms with Crippen LogP contribution in [-0.2, 0) is 6.42 Å². The summed E-state index contributed by atoms with van der Waals surface area (Å²) < 4.78 is 34.8. The molecule has 1 aliphatic heterocycles. The van der Waals surface area contributed by atoms with Gasteiger partial charge in [-0.15, -0.1) is 24.0 Å². The van der Waals surface area contributed by atoms with Crippen LogP contribution in [0.4, 0.5) is 8.78 Å². The van der Waals surface area contributed by atoms with Crippen LogP contribution >= 0.6 is 24.0 Å². The summed E-state index contributed by atoms with van der Waals surface area (Å²) in [5, 5.41) is 3.38. The van der Waals surface area contributed by atoms with Crippen LogP contribution < -0.4 is 14.8 Å². The Morgan fingerprint density at radius 2 is 2.07 bits per heavy atom. The van der Waals surface area contributed by atoms with Crippen molar-refractivity contribution in [2.75, 3.05) is 33.3 Å². The smallest absolute Gasteiger partial charge is 0.387 e. The van der Waals surface area contributed by atoms with Crippen LogP contribution in [0, 0.1) is 5.41 Å². The van der Waals surface area contributed by atoms with Gasteiger partial charge in [-0.25, -0.2) is 0 Å².